The van der Waals surface area contributed by atoms with Crippen LogP contribution in [0.25, 0.3) is 0 Å². The maximum absolute atomic E-state index is 12.4. The molecule has 3 aromatic rings. The summed E-state index contributed by atoms with van der Waals surface area (Å²) in [5.41, 5.74) is 2.69. The zero-order chi connectivity index (χ0) is 22.3. The average molecular weight is 440 g/mol. The Morgan fingerprint density at radius 1 is 0.935 bits per heavy atom. The third kappa shape index (κ3) is 6.33. The molecule has 0 saturated heterocycles. The van der Waals surface area contributed by atoms with Gasteiger partial charge in [-0.15, -0.1) is 0 Å². The third-order valence-corrected chi connectivity index (χ3v) is 5.97. The number of benzene rings is 3. The minimum atomic E-state index is -3.91. The first-order valence-corrected chi connectivity index (χ1v) is 11.4. The van der Waals surface area contributed by atoms with Crippen LogP contribution < -0.4 is 9.50 Å². The minimum absolute atomic E-state index is 0.0939. The van der Waals surface area contributed by atoms with Crippen molar-refractivity contribution in [2.75, 3.05) is 0 Å². The molecular formula is C24H25NO5S. The summed E-state index contributed by atoms with van der Waals surface area (Å²) in [4.78, 5) is 12.3. The van der Waals surface area contributed by atoms with Crippen LogP contribution >= 0.6 is 0 Å². The van der Waals surface area contributed by atoms with Gasteiger partial charge in [0.1, 0.15) is 17.3 Å². The first-order chi connectivity index (χ1) is 14.9. The molecule has 0 spiro atoms. The number of hydrogen-bond donors (Lipinski definition) is 1. The number of hydrogen-bond acceptors (Lipinski definition) is 5. The van der Waals surface area contributed by atoms with Gasteiger partial charge in [-0.05, 0) is 48.7 Å². The van der Waals surface area contributed by atoms with E-state index in [4.69, 9.17) is 8.92 Å². The number of ether oxygens (including phenoxy) is 1. The van der Waals surface area contributed by atoms with E-state index < -0.39 is 16.2 Å². The van der Waals surface area contributed by atoms with Gasteiger partial charge in [0.15, 0.2) is 0 Å². The van der Waals surface area contributed by atoms with Crippen molar-refractivity contribution < 1.29 is 22.1 Å². The lowest BCUT2D eigenvalue weighted by molar-refractivity contribution is 0.135. The van der Waals surface area contributed by atoms with Crippen LogP contribution in [0.4, 0.5) is 4.79 Å². The predicted octanol–water partition coefficient (Wildman–Crippen LogP) is 5.14. The second-order valence-corrected chi connectivity index (χ2v) is 8.63. The molecule has 162 valence electrons. The molecule has 0 aliphatic rings. The van der Waals surface area contributed by atoms with Gasteiger partial charge < -0.3 is 14.2 Å². The second kappa shape index (κ2) is 10.1. The van der Waals surface area contributed by atoms with Crippen molar-refractivity contribution in [1.82, 2.24) is 5.32 Å². The van der Waals surface area contributed by atoms with Crippen LogP contribution in [0.5, 0.6) is 5.75 Å². The Morgan fingerprint density at radius 3 is 2.19 bits per heavy atom. The van der Waals surface area contributed by atoms with E-state index in [-0.39, 0.29) is 23.3 Å². The lowest BCUT2D eigenvalue weighted by atomic mass is 10.0. The van der Waals surface area contributed by atoms with Gasteiger partial charge in [-0.1, -0.05) is 67.1 Å². The van der Waals surface area contributed by atoms with Crippen molar-refractivity contribution >= 4 is 16.2 Å². The highest BCUT2D eigenvalue weighted by atomic mass is 32.2. The van der Waals surface area contributed by atoms with E-state index in [0.29, 0.717) is 6.42 Å². The molecule has 0 radical (unpaired) electrons. The van der Waals surface area contributed by atoms with Crippen molar-refractivity contribution in [2.24, 2.45) is 0 Å². The van der Waals surface area contributed by atoms with Crippen LogP contribution in [0, 0.1) is 6.92 Å². The van der Waals surface area contributed by atoms with Crippen molar-refractivity contribution in [1.29, 1.82) is 0 Å². The molecule has 1 atom stereocenters. The lowest BCUT2D eigenvalue weighted by Crippen LogP contribution is -2.28. The zero-order valence-electron chi connectivity index (χ0n) is 17.4. The molecule has 0 aromatic heterocycles. The normalized spacial score (nSPS) is 12.1. The fourth-order valence-corrected chi connectivity index (χ4v) is 3.89. The van der Waals surface area contributed by atoms with E-state index in [2.05, 4.69) is 5.32 Å². The Balaban J connectivity index is 1.60. The van der Waals surface area contributed by atoms with Gasteiger partial charge in [0.25, 0.3) is 0 Å². The molecule has 6 nitrogen and oxygen atoms in total. The zero-order valence-corrected chi connectivity index (χ0v) is 18.3. The van der Waals surface area contributed by atoms with Crippen LogP contribution in [0.15, 0.2) is 83.8 Å². The summed E-state index contributed by atoms with van der Waals surface area (Å²) in [6.07, 6.45) is 0.125. The van der Waals surface area contributed by atoms with E-state index in [1.54, 1.807) is 36.4 Å². The molecule has 1 unspecified atom stereocenters. The highest BCUT2D eigenvalue weighted by Gasteiger charge is 2.18. The van der Waals surface area contributed by atoms with Gasteiger partial charge in [0.2, 0.25) is 0 Å². The SMILES string of the molecule is CCC(NC(=O)OCc1ccccc1)c1ccc(OS(=O)(=O)c2ccc(C)cc2)cc1. The van der Waals surface area contributed by atoms with Gasteiger partial charge in [-0.3, -0.25) is 0 Å². The van der Waals surface area contributed by atoms with E-state index in [0.717, 1.165) is 16.7 Å². The number of amides is 1. The molecule has 3 aromatic carbocycles. The van der Waals surface area contributed by atoms with E-state index >= 15 is 0 Å². The average Bonchev–Trinajstić information content (AvgIpc) is 2.77. The summed E-state index contributed by atoms with van der Waals surface area (Å²) in [5, 5.41) is 2.83. The van der Waals surface area contributed by atoms with Crippen LogP contribution in [-0.4, -0.2) is 14.5 Å². The number of alkyl carbamates (subject to hydrolysis) is 1. The van der Waals surface area contributed by atoms with E-state index in [1.807, 2.05) is 44.2 Å². The van der Waals surface area contributed by atoms with Gasteiger partial charge in [-0.25, -0.2) is 4.79 Å². The minimum Gasteiger partial charge on any atom is -0.445 e. The van der Waals surface area contributed by atoms with Gasteiger partial charge >= 0.3 is 16.2 Å². The van der Waals surface area contributed by atoms with Crippen molar-refractivity contribution in [3.8, 4) is 5.75 Å². The first kappa shape index (κ1) is 22.4. The summed E-state index contributed by atoms with van der Waals surface area (Å²) < 4.78 is 35.4. The third-order valence-electron chi connectivity index (χ3n) is 4.71. The number of rotatable bonds is 8. The fourth-order valence-electron chi connectivity index (χ4n) is 2.96. The van der Waals surface area contributed by atoms with Gasteiger partial charge in [0.05, 0.1) is 6.04 Å². The molecule has 0 heterocycles. The van der Waals surface area contributed by atoms with Gasteiger partial charge in [-0.2, -0.15) is 8.42 Å². The molecule has 1 amide bonds. The fraction of sp³-hybridized carbons (Fsp3) is 0.208. The van der Waals surface area contributed by atoms with Crippen molar-refractivity contribution in [3.63, 3.8) is 0 Å². The number of carbonyl (C=O) groups is 1. The Labute approximate surface area is 183 Å². The Bertz CT molecular complexity index is 1090. The molecule has 0 aliphatic carbocycles. The molecule has 1 N–H and O–H groups in total. The summed E-state index contributed by atoms with van der Waals surface area (Å²) >= 11 is 0. The molecule has 3 rings (SSSR count). The molecule has 0 aliphatic heterocycles. The van der Waals surface area contributed by atoms with Crippen LogP contribution in [-0.2, 0) is 21.5 Å². The monoisotopic (exact) mass is 439 g/mol. The largest absolute Gasteiger partial charge is 0.445 e. The maximum Gasteiger partial charge on any atom is 0.407 e. The Kier molecular flexibility index (Phi) is 7.31. The maximum atomic E-state index is 12.4. The summed E-state index contributed by atoms with van der Waals surface area (Å²) in [6.45, 7) is 4.01. The number of carbonyl (C=O) groups excluding carboxylic acids is 1. The topological polar surface area (TPSA) is 81.7 Å². The predicted molar refractivity (Wildman–Crippen MR) is 118 cm³/mol. The first-order valence-electron chi connectivity index (χ1n) is 9.95. The Morgan fingerprint density at radius 2 is 1.58 bits per heavy atom. The van der Waals surface area contributed by atoms with Crippen molar-refractivity contribution in [3.05, 3.63) is 95.6 Å². The highest BCUT2D eigenvalue weighted by Crippen LogP contribution is 2.23. The van der Waals surface area contributed by atoms with Crippen LogP contribution in [0.2, 0.25) is 0 Å². The van der Waals surface area contributed by atoms with E-state index in [1.165, 1.54) is 12.1 Å². The molecule has 7 heteroatoms. The van der Waals surface area contributed by atoms with E-state index in [9.17, 15) is 13.2 Å². The summed E-state index contributed by atoms with van der Waals surface area (Å²) in [5.74, 6) is 0.200. The molecular weight excluding hydrogens is 414 g/mol. The molecule has 31 heavy (non-hydrogen) atoms. The molecule has 0 saturated carbocycles. The van der Waals surface area contributed by atoms with Crippen LogP contribution in [0.1, 0.15) is 36.1 Å². The molecule has 0 fully saturated rings. The van der Waals surface area contributed by atoms with Gasteiger partial charge in [0, 0.05) is 0 Å². The summed E-state index contributed by atoms with van der Waals surface area (Å²) in [7, 11) is -3.91. The van der Waals surface area contributed by atoms with Crippen LogP contribution in [0.3, 0.4) is 0 Å². The standard InChI is InChI=1S/C24H25NO5S/c1-3-23(25-24(26)29-17-19-7-5-4-6-8-19)20-11-13-21(14-12-20)30-31(27,28)22-15-9-18(2)10-16-22/h4-16,23H,3,17H2,1-2H3,(H,25,26). The highest BCUT2D eigenvalue weighted by molar-refractivity contribution is 7.87. The van der Waals surface area contributed by atoms with Crippen molar-refractivity contribution in [2.45, 2.75) is 37.8 Å². The Hall–Kier alpha value is -3.32. The quantitative estimate of drug-likeness (QED) is 0.492. The number of aryl methyl sites for hydroxylation is 1. The summed E-state index contributed by atoms with van der Waals surface area (Å²) in [6, 6.07) is 22.2. The smallest absolute Gasteiger partial charge is 0.407 e. The molecule has 0 bridgehead atoms. The second-order valence-electron chi connectivity index (χ2n) is 7.09. The lowest BCUT2D eigenvalue weighted by Gasteiger charge is -2.18. The number of nitrogens with one attached hydrogen (secondary N) is 1.